The molecule has 0 N–H and O–H groups in total. The van der Waals surface area contributed by atoms with Gasteiger partial charge < -0.3 is 43.0 Å². The number of methoxy groups -OCH3 is 1. The van der Waals surface area contributed by atoms with Gasteiger partial charge in [-0.15, -0.1) is 0 Å². The molecule has 1 fully saturated rings. The van der Waals surface area contributed by atoms with E-state index in [1.807, 2.05) is 62.4 Å². The van der Waals surface area contributed by atoms with Gasteiger partial charge in [0.25, 0.3) is 0 Å². The summed E-state index contributed by atoms with van der Waals surface area (Å²) in [6, 6.07) is 41.7. The van der Waals surface area contributed by atoms with Crippen LogP contribution in [0.15, 0.2) is 146 Å². The molecule has 1 saturated heterocycles. The predicted octanol–water partition coefficient (Wildman–Crippen LogP) is 13.7. The van der Waals surface area contributed by atoms with E-state index in [1.54, 1.807) is 48.5 Å². The lowest BCUT2D eigenvalue weighted by atomic mass is 10.0. The van der Waals surface area contributed by atoms with Gasteiger partial charge in [0.1, 0.15) is 28.7 Å². The molecule has 0 spiro atoms. The van der Waals surface area contributed by atoms with Gasteiger partial charge in [-0.1, -0.05) is 75.8 Å². The number of likely N-dealkylation sites (N-methyl/N-ethyl adjacent to an activating group) is 1. The molecule has 0 aliphatic carbocycles. The molecule has 1 aliphatic rings. The molecule has 0 unspecified atom stereocenters. The summed E-state index contributed by atoms with van der Waals surface area (Å²) >= 11 is 0. The van der Waals surface area contributed by atoms with E-state index in [2.05, 4.69) is 28.5 Å². The maximum absolute atomic E-state index is 12.5. The number of rotatable bonds is 26. The van der Waals surface area contributed by atoms with E-state index in [1.165, 1.54) is 107 Å². The molecule has 15 heteroatoms. The number of hydrogen-bond donors (Lipinski definition) is 0. The highest BCUT2D eigenvalue weighted by Crippen LogP contribution is 2.24. The molecule has 15 nitrogen and oxygen atoms in total. The van der Waals surface area contributed by atoms with Crippen LogP contribution in [0.3, 0.4) is 0 Å². The van der Waals surface area contributed by atoms with Crippen LogP contribution in [0, 0.1) is 6.92 Å². The number of esters is 6. The molecule has 1 aliphatic heterocycles. The molecule has 0 saturated carbocycles. The van der Waals surface area contributed by atoms with Crippen molar-refractivity contribution in [2.75, 3.05) is 58.5 Å². The lowest BCUT2D eigenvalue weighted by Gasteiger charge is -2.34. The van der Waals surface area contributed by atoms with Crippen molar-refractivity contribution >= 4 is 41.5 Å². The average Bonchev–Trinajstić information content (AvgIpc) is 3.49. The van der Waals surface area contributed by atoms with E-state index in [0.29, 0.717) is 59.1 Å². The van der Waals surface area contributed by atoms with E-state index in [4.69, 9.17) is 28.4 Å². The van der Waals surface area contributed by atoms with Crippen molar-refractivity contribution in [3.05, 3.63) is 179 Å². The van der Waals surface area contributed by atoms with Crippen molar-refractivity contribution < 1.29 is 61.9 Å². The third-order valence-electron chi connectivity index (χ3n) is 13.1. The molecule has 0 bridgehead atoms. The lowest BCUT2D eigenvalue weighted by molar-refractivity contribution is -0.143. The number of carbonyl (C=O) groups excluding carboxylic acids is 6. The lowest BCUT2D eigenvalue weighted by Crippen LogP contribution is -2.44. The Hall–Kier alpha value is -8.30. The molecule has 1 heterocycles. The third-order valence-corrected chi connectivity index (χ3v) is 13.1. The van der Waals surface area contributed by atoms with Crippen LogP contribution < -0.4 is 28.6 Å². The summed E-state index contributed by atoms with van der Waals surface area (Å²) in [5, 5.41) is 0. The molecule has 82 heavy (non-hydrogen) atoms. The van der Waals surface area contributed by atoms with Gasteiger partial charge in [0.15, 0.2) is 0 Å². The highest BCUT2D eigenvalue weighted by molar-refractivity contribution is 5.93. The number of carbonyl (C=O) groups is 6. The van der Waals surface area contributed by atoms with Crippen LogP contribution in [0.5, 0.6) is 28.7 Å². The zero-order valence-corrected chi connectivity index (χ0v) is 48.5. The Kier molecular flexibility index (Phi) is 28.4. The van der Waals surface area contributed by atoms with E-state index in [-0.39, 0.29) is 23.7 Å². The molecule has 0 aromatic heterocycles. The Morgan fingerprint density at radius 3 is 1.34 bits per heavy atom. The number of unbranched alkanes of at least 4 members (excludes halogenated alkanes) is 8. The zero-order valence-electron chi connectivity index (χ0n) is 48.5. The van der Waals surface area contributed by atoms with Crippen molar-refractivity contribution in [3.8, 4) is 28.7 Å². The van der Waals surface area contributed by atoms with E-state index < -0.39 is 17.9 Å². The van der Waals surface area contributed by atoms with E-state index in [9.17, 15) is 28.8 Å². The van der Waals surface area contributed by atoms with Crippen molar-refractivity contribution in [2.24, 2.45) is 0 Å². The quantitative estimate of drug-likeness (QED) is 0.0285. The zero-order chi connectivity index (χ0) is 58.9. The summed E-state index contributed by atoms with van der Waals surface area (Å²) in [6.07, 6.45) is 14.2. The summed E-state index contributed by atoms with van der Waals surface area (Å²) in [6.45, 7) is 12.6. The fourth-order valence-electron chi connectivity index (χ4n) is 8.31. The Balaban J connectivity index is 0.000000237. The first-order chi connectivity index (χ1) is 39.7. The molecule has 7 rings (SSSR count). The third kappa shape index (κ3) is 24.2. The van der Waals surface area contributed by atoms with Crippen LogP contribution in [-0.4, -0.2) is 94.3 Å². The number of piperazine rings is 1. The van der Waals surface area contributed by atoms with Crippen molar-refractivity contribution in [3.63, 3.8) is 0 Å². The Bertz CT molecular complexity index is 2860. The molecule has 436 valence electrons. The number of aryl methyl sites for hydroxylation is 2. The second kappa shape index (κ2) is 36.1. The predicted molar refractivity (Wildman–Crippen MR) is 318 cm³/mol. The van der Waals surface area contributed by atoms with Gasteiger partial charge in [0.2, 0.25) is 0 Å². The second-order valence-corrected chi connectivity index (χ2v) is 19.9. The standard InChI is InChI=1S/C27H26N2O6.C24H30O5.C16H24O2/c1-19(30)33-23-9-3-20(4-10-23)26(31)34-24-11-5-21(6-12-24)27(32)35-25-13-7-22(8-14-25)29-17-15-28(2)16-18-29;1-3-8-23(25)28-18-7-5-4-6-17-27-21-15-11-20(12-16-21)24(26)29-22-13-9-19(2)10-14-22;1-3-4-5-6-7-8-9-14-10-12-15(13-11-14)16(17)18-2/h3-14H,15-18H2,1-2H3;9-16H,3-8,17-18H2,1-2H3;10-13H,3-9H2,1-2H3. The second-order valence-electron chi connectivity index (χ2n) is 19.9. The molecule has 6 aromatic carbocycles. The Morgan fingerprint density at radius 1 is 0.439 bits per heavy atom. The number of ether oxygens (including phenoxy) is 7. The van der Waals surface area contributed by atoms with E-state index >= 15 is 0 Å². The van der Waals surface area contributed by atoms with Crippen molar-refractivity contribution in [2.45, 2.75) is 111 Å². The highest BCUT2D eigenvalue weighted by Gasteiger charge is 2.17. The minimum Gasteiger partial charge on any atom is -0.494 e. The van der Waals surface area contributed by atoms with Crippen LogP contribution in [0.2, 0.25) is 0 Å². The average molecular weight is 1120 g/mol. The van der Waals surface area contributed by atoms with Crippen molar-refractivity contribution in [1.82, 2.24) is 4.90 Å². The minimum absolute atomic E-state index is 0.109. The maximum atomic E-state index is 12.5. The Morgan fingerprint density at radius 2 is 0.854 bits per heavy atom. The van der Waals surface area contributed by atoms with Crippen LogP contribution in [0.4, 0.5) is 5.69 Å². The van der Waals surface area contributed by atoms with Gasteiger partial charge in [-0.3, -0.25) is 9.59 Å². The first-order valence-electron chi connectivity index (χ1n) is 28.4. The maximum Gasteiger partial charge on any atom is 0.343 e. The molecular formula is C67H80N2O13. The Labute approximate surface area is 483 Å². The van der Waals surface area contributed by atoms with Gasteiger partial charge in [0.05, 0.1) is 42.6 Å². The van der Waals surface area contributed by atoms with Crippen LogP contribution >= 0.6 is 0 Å². The topological polar surface area (TPSA) is 174 Å². The monoisotopic (exact) mass is 1120 g/mol. The molecule has 0 radical (unpaired) electrons. The largest absolute Gasteiger partial charge is 0.494 e. The number of hydrogen-bond acceptors (Lipinski definition) is 15. The van der Waals surface area contributed by atoms with E-state index in [0.717, 1.165) is 81.7 Å². The molecule has 0 amide bonds. The molecule has 0 atom stereocenters. The summed E-state index contributed by atoms with van der Waals surface area (Å²) in [7, 11) is 3.52. The first kappa shape index (κ1) is 64.5. The summed E-state index contributed by atoms with van der Waals surface area (Å²) in [5.74, 6) is 0.0567. The van der Waals surface area contributed by atoms with Crippen molar-refractivity contribution in [1.29, 1.82) is 0 Å². The highest BCUT2D eigenvalue weighted by atomic mass is 16.6. The normalized spacial score (nSPS) is 11.8. The summed E-state index contributed by atoms with van der Waals surface area (Å²) in [4.78, 5) is 75.1. The smallest absolute Gasteiger partial charge is 0.343 e. The fourth-order valence-corrected chi connectivity index (χ4v) is 8.31. The van der Waals surface area contributed by atoms with Crippen LogP contribution in [0.1, 0.15) is 150 Å². The fraction of sp³-hybridized carbons (Fsp3) is 0.373. The van der Waals surface area contributed by atoms with Gasteiger partial charge in [-0.2, -0.15) is 0 Å². The molecular weight excluding hydrogens is 1040 g/mol. The van der Waals surface area contributed by atoms with Gasteiger partial charge in [0, 0.05) is 45.2 Å². The van der Waals surface area contributed by atoms with Gasteiger partial charge in [-0.05, 0) is 186 Å². The molecule has 6 aromatic rings. The number of benzene rings is 6. The number of anilines is 1. The first-order valence-corrected chi connectivity index (χ1v) is 28.4. The van der Waals surface area contributed by atoms with Gasteiger partial charge in [-0.25, -0.2) is 19.2 Å². The summed E-state index contributed by atoms with van der Waals surface area (Å²) in [5.41, 5.74) is 5.26. The summed E-state index contributed by atoms with van der Waals surface area (Å²) < 4.78 is 36.6. The SMILES string of the molecule is CC(=O)Oc1ccc(C(=O)Oc2ccc(C(=O)Oc3ccc(N4CCN(C)CC4)cc3)cc2)cc1.CCCC(=O)OCCCCCCOc1ccc(C(=O)Oc2ccc(C)cc2)cc1.CCCCCCCCc1ccc(C(=O)OC)cc1. The number of nitrogens with zero attached hydrogens (tertiary/aromatic N) is 2. The van der Waals surface area contributed by atoms with Gasteiger partial charge >= 0.3 is 35.8 Å². The van der Waals surface area contributed by atoms with Crippen LogP contribution in [0.25, 0.3) is 0 Å². The van der Waals surface area contributed by atoms with Crippen LogP contribution in [-0.2, 0) is 25.5 Å². The minimum atomic E-state index is -0.574.